The number of nitrogens with one attached hydrogen (secondary N) is 1. The van der Waals surface area contributed by atoms with Crippen molar-refractivity contribution in [1.29, 1.82) is 0 Å². The van der Waals surface area contributed by atoms with Gasteiger partial charge in [-0.15, -0.1) is 0 Å². The fraction of sp³-hybridized carbons (Fsp3) is 0.222. The number of nitro benzene ring substituents is 1. The maximum atomic E-state index is 12.5. The lowest BCUT2D eigenvalue weighted by Gasteiger charge is -2.15. The Balaban J connectivity index is 2.27. The van der Waals surface area contributed by atoms with E-state index < -0.39 is 38.4 Å². The smallest absolute Gasteiger partial charge is 0.338 e. The number of sulfone groups is 1. The van der Waals surface area contributed by atoms with Crippen molar-refractivity contribution < 1.29 is 27.7 Å². The number of hydrogen-bond donors (Lipinski definition) is 1. The van der Waals surface area contributed by atoms with E-state index in [1.54, 1.807) is 19.1 Å². The third-order valence-electron chi connectivity index (χ3n) is 3.97. The fourth-order valence-corrected chi connectivity index (χ4v) is 3.08. The zero-order chi connectivity index (χ0) is 21.1. The van der Waals surface area contributed by atoms with Crippen molar-refractivity contribution in [3.63, 3.8) is 0 Å². The second-order valence-electron chi connectivity index (χ2n) is 6.05. The molecule has 2 aromatic carbocycles. The number of amides is 1. The maximum absolute atomic E-state index is 12.5. The lowest BCUT2D eigenvalue weighted by atomic mass is 10.1. The van der Waals surface area contributed by atoms with Crippen molar-refractivity contribution in [1.82, 2.24) is 5.32 Å². The second-order valence-corrected chi connectivity index (χ2v) is 8.07. The van der Waals surface area contributed by atoms with Gasteiger partial charge in [-0.3, -0.25) is 14.9 Å². The molecule has 0 bridgehead atoms. The fourth-order valence-electron chi connectivity index (χ4n) is 2.45. The summed E-state index contributed by atoms with van der Waals surface area (Å²) in [7, 11) is -2.21. The van der Waals surface area contributed by atoms with Crippen LogP contribution in [0.5, 0.6) is 0 Å². The molecule has 0 heterocycles. The molecule has 2 aromatic rings. The van der Waals surface area contributed by atoms with Gasteiger partial charge in [0.1, 0.15) is 0 Å². The van der Waals surface area contributed by atoms with Gasteiger partial charge in [-0.2, -0.15) is 0 Å². The van der Waals surface area contributed by atoms with Gasteiger partial charge < -0.3 is 10.1 Å². The van der Waals surface area contributed by atoms with E-state index in [9.17, 15) is 28.1 Å². The zero-order valence-electron chi connectivity index (χ0n) is 15.3. The van der Waals surface area contributed by atoms with Crippen molar-refractivity contribution in [2.24, 2.45) is 0 Å². The van der Waals surface area contributed by atoms with E-state index in [1.165, 1.54) is 18.2 Å². The number of hydrogen-bond acceptors (Lipinski definition) is 7. The van der Waals surface area contributed by atoms with Gasteiger partial charge in [-0.1, -0.05) is 12.1 Å². The average molecular weight is 406 g/mol. The molecule has 0 saturated carbocycles. The summed E-state index contributed by atoms with van der Waals surface area (Å²) in [6.07, 6.45) is 1.09. The number of methoxy groups -OCH3 is 1. The molecule has 0 fully saturated rings. The molecule has 0 aromatic heterocycles. The largest absolute Gasteiger partial charge is 0.465 e. The molecule has 148 valence electrons. The van der Waals surface area contributed by atoms with Gasteiger partial charge in [0, 0.05) is 24.0 Å². The Hall–Kier alpha value is -3.27. The summed E-state index contributed by atoms with van der Waals surface area (Å²) in [5.41, 5.74) is 0.0267. The number of non-ortho nitro benzene ring substituents is 1. The summed E-state index contributed by atoms with van der Waals surface area (Å²) >= 11 is 0. The van der Waals surface area contributed by atoms with E-state index in [2.05, 4.69) is 10.1 Å². The summed E-state index contributed by atoms with van der Waals surface area (Å²) < 4.78 is 27.6. The molecule has 9 nitrogen and oxygen atoms in total. The van der Waals surface area contributed by atoms with Gasteiger partial charge in [-0.05, 0) is 30.7 Å². The molecule has 10 heteroatoms. The van der Waals surface area contributed by atoms with Crippen LogP contribution < -0.4 is 5.32 Å². The second kappa shape index (κ2) is 8.17. The SMILES string of the molecule is COC(=O)c1cc(C(=O)N[C@H](C)c2ccc(S(C)(=O)=O)cc2)cc([N+](=O)[O-])c1. The Kier molecular flexibility index (Phi) is 6.14. The summed E-state index contributed by atoms with van der Waals surface area (Å²) in [4.78, 5) is 34.7. The highest BCUT2D eigenvalue weighted by atomic mass is 32.2. The molecular weight excluding hydrogens is 388 g/mol. The number of rotatable bonds is 6. The van der Waals surface area contributed by atoms with Crippen molar-refractivity contribution in [3.8, 4) is 0 Å². The van der Waals surface area contributed by atoms with Gasteiger partial charge in [0.15, 0.2) is 9.84 Å². The van der Waals surface area contributed by atoms with E-state index in [-0.39, 0.29) is 16.0 Å². The van der Waals surface area contributed by atoms with E-state index in [1.807, 2.05) is 0 Å². The van der Waals surface area contributed by atoms with Crippen LogP contribution in [-0.4, -0.2) is 38.6 Å². The molecule has 0 aliphatic rings. The normalized spacial score (nSPS) is 12.1. The molecule has 1 atom stereocenters. The van der Waals surface area contributed by atoms with Gasteiger partial charge in [0.05, 0.1) is 28.5 Å². The van der Waals surface area contributed by atoms with Gasteiger partial charge in [0.25, 0.3) is 11.6 Å². The van der Waals surface area contributed by atoms with Gasteiger partial charge in [0.2, 0.25) is 0 Å². The topological polar surface area (TPSA) is 133 Å². The van der Waals surface area contributed by atoms with Crippen LogP contribution >= 0.6 is 0 Å². The standard InChI is InChI=1S/C18H18N2O7S/c1-11(12-4-6-16(7-5-12)28(3,25)26)19-17(21)13-8-14(18(22)27-2)10-15(9-13)20(23)24/h4-11H,1-3H3,(H,19,21)/t11-/m1/s1. The van der Waals surface area contributed by atoms with Crippen LogP contribution in [0.2, 0.25) is 0 Å². The minimum atomic E-state index is -3.33. The number of ether oxygens (including phenoxy) is 1. The first-order valence-electron chi connectivity index (χ1n) is 8.01. The summed E-state index contributed by atoms with van der Waals surface area (Å²) in [6.45, 7) is 1.67. The van der Waals surface area contributed by atoms with Crippen LogP contribution in [0.3, 0.4) is 0 Å². The Morgan fingerprint density at radius 3 is 2.18 bits per heavy atom. The molecule has 1 N–H and O–H groups in total. The summed E-state index contributed by atoms with van der Waals surface area (Å²) in [6, 6.07) is 8.75. The Morgan fingerprint density at radius 2 is 1.68 bits per heavy atom. The monoisotopic (exact) mass is 406 g/mol. The maximum Gasteiger partial charge on any atom is 0.338 e. The lowest BCUT2D eigenvalue weighted by molar-refractivity contribution is -0.384. The van der Waals surface area contributed by atoms with E-state index >= 15 is 0 Å². The highest BCUT2D eigenvalue weighted by Crippen LogP contribution is 2.20. The van der Waals surface area contributed by atoms with Crippen molar-refractivity contribution in [2.45, 2.75) is 17.9 Å². The van der Waals surface area contributed by atoms with Crippen LogP contribution in [0.4, 0.5) is 5.69 Å². The van der Waals surface area contributed by atoms with E-state index in [0.29, 0.717) is 5.56 Å². The number of benzene rings is 2. The first-order chi connectivity index (χ1) is 13.0. The Labute approximate surface area is 161 Å². The third kappa shape index (κ3) is 4.92. The van der Waals surface area contributed by atoms with Crippen molar-refractivity contribution in [3.05, 3.63) is 69.3 Å². The predicted molar refractivity (Wildman–Crippen MR) is 99.9 cm³/mol. The first kappa shape index (κ1) is 21.0. The molecule has 0 unspecified atom stereocenters. The third-order valence-corrected chi connectivity index (χ3v) is 5.10. The number of esters is 1. The van der Waals surface area contributed by atoms with Crippen LogP contribution in [0.1, 0.15) is 39.2 Å². The quantitative estimate of drug-likeness (QED) is 0.442. The molecule has 2 rings (SSSR count). The number of carbonyl (C=O) groups is 2. The molecule has 0 spiro atoms. The highest BCUT2D eigenvalue weighted by molar-refractivity contribution is 7.90. The number of nitro groups is 1. The van der Waals surface area contributed by atoms with Gasteiger partial charge >= 0.3 is 5.97 Å². The molecular formula is C18H18N2O7S. The minimum Gasteiger partial charge on any atom is -0.465 e. The molecule has 0 aliphatic carbocycles. The van der Waals surface area contributed by atoms with Crippen molar-refractivity contribution >= 4 is 27.4 Å². The van der Waals surface area contributed by atoms with Crippen LogP contribution in [0.15, 0.2) is 47.4 Å². The lowest BCUT2D eigenvalue weighted by Crippen LogP contribution is -2.27. The molecule has 1 amide bonds. The zero-order valence-corrected chi connectivity index (χ0v) is 16.1. The average Bonchev–Trinajstić information content (AvgIpc) is 2.66. The minimum absolute atomic E-state index is 0.0748. The van der Waals surface area contributed by atoms with Crippen LogP contribution in [0.25, 0.3) is 0 Å². The molecule has 28 heavy (non-hydrogen) atoms. The number of nitrogens with zero attached hydrogens (tertiary/aromatic N) is 1. The number of carbonyl (C=O) groups excluding carboxylic acids is 2. The molecule has 0 saturated heterocycles. The highest BCUT2D eigenvalue weighted by Gasteiger charge is 2.20. The summed E-state index contributed by atoms with van der Waals surface area (Å²) in [5, 5.41) is 13.7. The van der Waals surface area contributed by atoms with E-state index in [4.69, 9.17) is 0 Å². The first-order valence-corrected chi connectivity index (χ1v) is 9.90. The van der Waals surface area contributed by atoms with Crippen LogP contribution in [-0.2, 0) is 14.6 Å². The molecule has 0 radical (unpaired) electrons. The summed E-state index contributed by atoms with van der Waals surface area (Å²) in [5.74, 6) is -1.43. The van der Waals surface area contributed by atoms with Gasteiger partial charge in [-0.25, -0.2) is 13.2 Å². The Morgan fingerprint density at radius 1 is 1.11 bits per heavy atom. The van der Waals surface area contributed by atoms with Crippen molar-refractivity contribution in [2.75, 3.05) is 13.4 Å². The van der Waals surface area contributed by atoms with Crippen LogP contribution in [0, 0.1) is 10.1 Å². The molecule has 0 aliphatic heterocycles. The van der Waals surface area contributed by atoms with E-state index in [0.717, 1.165) is 25.5 Å². The predicted octanol–water partition coefficient (Wildman–Crippen LogP) is 2.28. The Bertz CT molecular complexity index is 1030.